The van der Waals surface area contributed by atoms with E-state index in [0.717, 1.165) is 0 Å². The maximum absolute atomic E-state index is 12.2. The van der Waals surface area contributed by atoms with Crippen molar-refractivity contribution in [1.82, 2.24) is 0 Å². The summed E-state index contributed by atoms with van der Waals surface area (Å²) in [5, 5.41) is 14.3. The fourth-order valence-electron chi connectivity index (χ4n) is 2.18. The summed E-state index contributed by atoms with van der Waals surface area (Å²) in [4.78, 5) is 24.1. The minimum Gasteiger partial charge on any atom is -0.459 e. The summed E-state index contributed by atoms with van der Waals surface area (Å²) in [6.45, 7) is 0. The first-order valence-corrected chi connectivity index (χ1v) is 7.42. The second kappa shape index (κ2) is 7.15. The molecule has 2 N–H and O–H groups in total. The molecular weight excluding hydrogens is 318 g/mol. The van der Waals surface area contributed by atoms with Crippen molar-refractivity contribution < 1.29 is 14.0 Å². The Bertz CT molecular complexity index is 939. The molecule has 0 saturated carbocycles. The first-order chi connectivity index (χ1) is 12.2. The Morgan fingerprint density at radius 2 is 1.64 bits per heavy atom. The number of hydrogen-bond acceptors (Lipinski definition) is 4. The number of benzene rings is 2. The lowest BCUT2D eigenvalue weighted by Gasteiger charge is -2.07. The van der Waals surface area contributed by atoms with Gasteiger partial charge in [-0.3, -0.25) is 9.59 Å². The van der Waals surface area contributed by atoms with Gasteiger partial charge in [-0.05, 0) is 54.6 Å². The molecule has 0 aliphatic carbocycles. The maximum Gasteiger partial charge on any atom is 0.291 e. The Morgan fingerprint density at radius 3 is 2.32 bits per heavy atom. The van der Waals surface area contributed by atoms with E-state index in [2.05, 4.69) is 10.6 Å². The summed E-state index contributed by atoms with van der Waals surface area (Å²) >= 11 is 0. The van der Waals surface area contributed by atoms with Gasteiger partial charge >= 0.3 is 0 Å². The summed E-state index contributed by atoms with van der Waals surface area (Å²) in [5.74, 6) is -0.464. The van der Waals surface area contributed by atoms with E-state index in [1.807, 2.05) is 6.07 Å². The molecular formula is C19H13N3O3. The summed E-state index contributed by atoms with van der Waals surface area (Å²) in [6.07, 6.45) is 1.42. The summed E-state index contributed by atoms with van der Waals surface area (Å²) in [6, 6.07) is 18.3. The standard InChI is InChI=1S/C19H13N3O3/c20-12-13-3-1-4-16(11-13)22-18(23)14-6-8-15(9-7-14)21-19(24)17-5-2-10-25-17/h1-11H,(H,21,24)(H,22,23). The quantitative estimate of drug-likeness (QED) is 0.762. The zero-order chi connectivity index (χ0) is 17.6. The zero-order valence-electron chi connectivity index (χ0n) is 13.0. The predicted molar refractivity (Wildman–Crippen MR) is 92.2 cm³/mol. The number of carbonyl (C=O) groups excluding carboxylic acids is 2. The third kappa shape index (κ3) is 3.92. The van der Waals surface area contributed by atoms with Crippen LogP contribution in [0.1, 0.15) is 26.5 Å². The van der Waals surface area contributed by atoms with E-state index in [9.17, 15) is 9.59 Å². The van der Waals surface area contributed by atoms with Gasteiger partial charge < -0.3 is 15.1 Å². The van der Waals surface area contributed by atoms with Crippen LogP contribution in [0.25, 0.3) is 0 Å². The van der Waals surface area contributed by atoms with E-state index < -0.39 is 0 Å². The van der Waals surface area contributed by atoms with Crippen LogP contribution >= 0.6 is 0 Å². The molecule has 1 aromatic heterocycles. The predicted octanol–water partition coefficient (Wildman–Crippen LogP) is 3.66. The van der Waals surface area contributed by atoms with Gasteiger partial charge in [0.05, 0.1) is 17.9 Å². The van der Waals surface area contributed by atoms with Gasteiger partial charge in [0.1, 0.15) is 0 Å². The Morgan fingerprint density at radius 1 is 0.880 bits per heavy atom. The molecule has 0 unspecified atom stereocenters. The lowest BCUT2D eigenvalue weighted by Crippen LogP contribution is -2.13. The molecule has 2 amide bonds. The van der Waals surface area contributed by atoms with Gasteiger partial charge in [0, 0.05) is 16.9 Å². The second-order valence-corrected chi connectivity index (χ2v) is 5.16. The third-order valence-electron chi connectivity index (χ3n) is 3.40. The average molecular weight is 331 g/mol. The molecule has 0 saturated heterocycles. The number of nitrogens with one attached hydrogen (secondary N) is 2. The number of rotatable bonds is 4. The summed E-state index contributed by atoms with van der Waals surface area (Å²) < 4.78 is 5.02. The number of furan rings is 1. The topological polar surface area (TPSA) is 95.1 Å². The highest BCUT2D eigenvalue weighted by atomic mass is 16.3. The van der Waals surface area contributed by atoms with E-state index in [1.54, 1.807) is 60.7 Å². The van der Waals surface area contributed by atoms with Crippen molar-refractivity contribution in [2.75, 3.05) is 10.6 Å². The van der Waals surface area contributed by atoms with Gasteiger partial charge in [0.25, 0.3) is 11.8 Å². The van der Waals surface area contributed by atoms with E-state index in [1.165, 1.54) is 6.26 Å². The number of nitrogens with zero attached hydrogens (tertiary/aromatic N) is 1. The fourth-order valence-corrected chi connectivity index (χ4v) is 2.18. The minimum absolute atomic E-state index is 0.208. The molecule has 0 aliphatic rings. The molecule has 122 valence electrons. The summed E-state index contributed by atoms with van der Waals surface area (Å²) in [5.41, 5.74) is 1.98. The Hall–Kier alpha value is -3.85. The molecule has 0 bridgehead atoms. The highest BCUT2D eigenvalue weighted by Gasteiger charge is 2.10. The molecule has 0 spiro atoms. The lowest BCUT2D eigenvalue weighted by atomic mass is 10.1. The zero-order valence-corrected chi connectivity index (χ0v) is 13.0. The molecule has 6 nitrogen and oxygen atoms in total. The van der Waals surface area contributed by atoms with E-state index in [4.69, 9.17) is 9.68 Å². The first kappa shape index (κ1) is 16.0. The van der Waals surface area contributed by atoms with E-state index in [-0.39, 0.29) is 17.6 Å². The second-order valence-electron chi connectivity index (χ2n) is 5.16. The molecule has 0 fully saturated rings. The van der Waals surface area contributed by atoms with Crippen LogP contribution in [0.5, 0.6) is 0 Å². The molecule has 3 rings (SSSR count). The van der Waals surface area contributed by atoms with Crippen molar-refractivity contribution in [2.24, 2.45) is 0 Å². The number of carbonyl (C=O) groups is 2. The first-order valence-electron chi connectivity index (χ1n) is 7.42. The number of hydrogen-bond donors (Lipinski definition) is 2. The maximum atomic E-state index is 12.2. The van der Waals surface area contributed by atoms with Crippen LogP contribution in [-0.2, 0) is 0 Å². The Balaban J connectivity index is 1.66. The van der Waals surface area contributed by atoms with Gasteiger partial charge in [-0.25, -0.2) is 0 Å². The fraction of sp³-hybridized carbons (Fsp3) is 0. The van der Waals surface area contributed by atoms with Crippen LogP contribution in [0.15, 0.2) is 71.3 Å². The van der Waals surface area contributed by atoms with Crippen molar-refractivity contribution in [2.45, 2.75) is 0 Å². The van der Waals surface area contributed by atoms with Crippen LogP contribution in [0.2, 0.25) is 0 Å². The molecule has 3 aromatic rings. The number of nitriles is 1. The van der Waals surface area contributed by atoms with Crippen LogP contribution in [0.4, 0.5) is 11.4 Å². The monoisotopic (exact) mass is 331 g/mol. The molecule has 2 aromatic carbocycles. The van der Waals surface area contributed by atoms with Crippen molar-refractivity contribution in [3.05, 3.63) is 83.8 Å². The van der Waals surface area contributed by atoms with Gasteiger partial charge in [-0.1, -0.05) is 6.07 Å². The normalized spacial score (nSPS) is 9.88. The average Bonchev–Trinajstić information content (AvgIpc) is 3.17. The smallest absolute Gasteiger partial charge is 0.291 e. The van der Waals surface area contributed by atoms with E-state index in [0.29, 0.717) is 22.5 Å². The molecule has 1 heterocycles. The summed E-state index contributed by atoms with van der Waals surface area (Å²) in [7, 11) is 0. The van der Waals surface area contributed by atoms with Gasteiger partial charge in [-0.2, -0.15) is 5.26 Å². The van der Waals surface area contributed by atoms with Crippen molar-refractivity contribution in [1.29, 1.82) is 5.26 Å². The number of anilines is 2. The highest BCUT2D eigenvalue weighted by Crippen LogP contribution is 2.15. The van der Waals surface area contributed by atoms with Gasteiger partial charge in [0.2, 0.25) is 0 Å². The molecule has 0 atom stereocenters. The molecule has 0 aliphatic heterocycles. The largest absolute Gasteiger partial charge is 0.459 e. The van der Waals surface area contributed by atoms with Crippen LogP contribution in [0.3, 0.4) is 0 Å². The van der Waals surface area contributed by atoms with Crippen molar-refractivity contribution in [3.63, 3.8) is 0 Å². The Labute approximate surface area is 143 Å². The van der Waals surface area contributed by atoms with E-state index >= 15 is 0 Å². The van der Waals surface area contributed by atoms with Crippen LogP contribution in [-0.4, -0.2) is 11.8 Å². The highest BCUT2D eigenvalue weighted by molar-refractivity contribution is 6.05. The molecule has 25 heavy (non-hydrogen) atoms. The van der Waals surface area contributed by atoms with Gasteiger partial charge in [-0.15, -0.1) is 0 Å². The Kier molecular flexibility index (Phi) is 4.58. The SMILES string of the molecule is N#Cc1cccc(NC(=O)c2ccc(NC(=O)c3ccco3)cc2)c1. The number of amides is 2. The van der Waals surface area contributed by atoms with Crippen LogP contribution in [0, 0.1) is 11.3 Å². The molecule has 0 radical (unpaired) electrons. The van der Waals surface area contributed by atoms with Crippen LogP contribution < -0.4 is 10.6 Å². The third-order valence-corrected chi connectivity index (χ3v) is 3.40. The van der Waals surface area contributed by atoms with Crippen molar-refractivity contribution >= 4 is 23.2 Å². The lowest BCUT2D eigenvalue weighted by molar-refractivity contribution is 0.0995. The van der Waals surface area contributed by atoms with Crippen molar-refractivity contribution in [3.8, 4) is 6.07 Å². The minimum atomic E-state index is -0.365. The molecule has 6 heteroatoms. The van der Waals surface area contributed by atoms with Gasteiger partial charge in [0.15, 0.2) is 5.76 Å².